The van der Waals surface area contributed by atoms with Gasteiger partial charge in [-0.25, -0.2) is 0 Å². The van der Waals surface area contributed by atoms with Crippen molar-refractivity contribution in [3.05, 3.63) is 35.9 Å². The second-order valence-electron chi connectivity index (χ2n) is 3.71. The standard InChI is InChI=1S/C12H16Si/c1-4-12(13(2)3)10-11-8-6-5-7-9-11/h1,5-9,12-13H,10H2,2-3H3. The van der Waals surface area contributed by atoms with E-state index in [0.717, 1.165) is 6.42 Å². The summed E-state index contributed by atoms with van der Waals surface area (Å²) < 4.78 is 0. The molecule has 1 aromatic rings. The summed E-state index contributed by atoms with van der Waals surface area (Å²) in [5.74, 6) is 2.91. The van der Waals surface area contributed by atoms with Crippen LogP contribution in [-0.4, -0.2) is 8.80 Å². The lowest BCUT2D eigenvalue weighted by atomic mass is 10.1. The van der Waals surface area contributed by atoms with Crippen LogP contribution in [0, 0.1) is 12.3 Å². The maximum absolute atomic E-state index is 5.51. The Hall–Kier alpha value is -1.00. The first-order valence-corrected chi connectivity index (χ1v) is 7.71. The SMILES string of the molecule is C#CC(Cc1ccccc1)[SiH](C)C. The Kier molecular flexibility index (Phi) is 3.79. The third kappa shape index (κ3) is 3.08. The number of benzene rings is 1. The van der Waals surface area contributed by atoms with E-state index in [1.807, 2.05) is 6.07 Å². The molecule has 0 fully saturated rings. The van der Waals surface area contributed by atoms with Gasteiger partial charge in [-0.2, -0.15) is 0 Å². The lowest BCUT2D eigenvalue weighted by Crippen LogP contribution is -2.12. The smallest absolute Gasteiger partial charge is 0.0487 e. The van der Waals surface area contributed by atoms with Crippen molar-refractivity contribution in [3.8, 4) is 12.3 Å². The Morgan fingerprint density at radius 3 is 2.38 bits per heavy atom. The molecule has 0 nitrogen and oxygen atoms in total. The van der Waals surface area contributed by atoms with Gasteiger partial charge in [-0.05, 0) is 12.0 Å². The highest BCUT2D eigenvalue weighted by Gasteiger charge is 2.11. The maximum Gasteiger partial charge on any atom is 0.0487 e. The minimum absolute atomic E-state index is 0.502. The maximum atomic E-state index is 5.51. The highest BCUT2D eigenvalue weighted by atomic mass is 28.3. The van der Waals surface area contributed by atoms with E-state index >= 15 is 0 Å². The van der Waals surface area contributed by atoms with E-state index in [1.54, 1.807) is 0 Å². The molecule has 1 unspecified atom stereocenters. The zero-order valence-electron chi connectivity index (χ0n) is 8.33. The van der Waals surface area contributed by atoms with Crippen molar-refractivity contribution < 1.29 is 0 Å². The van der Waals surface area contributed by atoms with Crippen LogP contribution in [0.5, 0.6) is 0 Å². The molecule has 0 aliphatic rings. The van der Waals surface area contributed by atoms with Gasteiger partial charge >= 0.3 is 0 Å². The van der Waals surface area contributed by atoms with Crippen LogP contribution in [0.3, 0.4) is 0 Å². The normalized spacial score (nSPS) is 12.5. The molecule has 68 valence electrons. The molecule has 0 amide bonds. The summed E-state index contributed by atoms with van der Waals surface area (Å²) in [5.41, 5.74) is 1.87. The predicted molar refractivity (Wildman–Crippen MR) is 61.6 cm³/mol. The van der Waals surface area contributed by atoms with E-state index in [0.29, 0.717) is 5.54 Å². The first-order chi connectivity index (χ1) is 6.24. The molecule has 0 radical (unpaired) electrons. The van der Waals surface area contributed by atoms with Gasteiger partial charge < -0.3 is 0 Å². The summed E-state index contributed by atoms with van der Waals surface area (Å²) in [6, 6.07) is 10.5. The average molecular weight is 188 g/mol. The first kappa shape index (κ1) is 10.1. The zero-order chi connectivity index (χ0) is 9.68. The summed E-state index contributed by atoms with van der Waals surface area (Å²) in [6.07, 6.45) is 6.56. The molecule has 1 rings (SSSR count). The van der Waals surface area contributed by atoms with Crippen molar-refractivity contribution in [3.63, 3.8) is 0 Å². The predicted octanol–water partition coefficient (Wildman–Crippen LogP) is 2.72. The quantitative estimate of drug-likeness (QED) is 0.505. The Morgan fingerprint density at radius 1 is 1.31 bits per heavy atom. The van der Waals surface area contributed by atoms with Gasteiger partial charge in [0.2, 0.25) is 0 Å². The molecule has 1 heteroatoms. The van der Waals surface area contributed by atoms with Gasteiger partial charge in [0.25, 0.3) is 0 Å². The van der Waals surface area contributed by atoms with E-state index in [4.69, 9.17) is 6.42 Å². The van der Waals surface area contributed by atoms with Crippen molar-refractivity contribution >= 4 is 8.80 Å². The summed E-state index contributed by atoms with van der Waals surface area (Å²) in [7, 11) is -0.691. The minimum Gasteiger partial charge on any atom is -0.120 e. The van der Waals surface area contributed by atoms with Gasteiger partial charge in [0, 0.05) is 14.3 Å². The van der Waals surface area contributed by atoms with Gasteiger partial charge in [-0.3, -0.25) is 0 Å². The third-order valence-corrected chi connectivity index (χ3v) is 4.35. The molecule has 1 atom stereocenters. The molecule has 0 N–H and O–H groups in total. The van der Waals surface area contributed by atoms with Crippen molar-refractivity contribution in [2.24, 2.45) is 0 Å². The van der Waals surface area contributed by atoms with E-state index in [1.165, 1.54) is 5.56 Å². The van der Waals surface area contributed by atoms with Crippen molar-refractivity contribution in [2.45, 2.75) is 25.1 Å². The van der Waals surface area contributed by atoms with E-state index < -0.39 is 8.80 Å². The minimum atomic E-state index is -0.691. The highest BCUT2D eigenvalue weighted by molar-refractivity contribution is 6.58. The topological polar surface area (TPSA) is 0 Å². The van der Waals surface area contributed by atoms with Gasteiger partial charge in [0.1, 0.15) is 0 Å². The fourth-order valence-corrected chi connectivity index (χ4v) is 2.48. The summed E-state index contributed by atoms with van der Waals surface area (Å²) in [6.45, 7) is 4.63. The van der Waals surface area contributed by atoms with Crippen LogP contribution in [-0.2, 0) is 6.42 Å². The van der Waals surface area contributed by atoms with Crippen LogP contribution in [0.15, 0.2) is 30.3 Å². The molecule has 13 heavy (non-hydrogen) atoms. The molecule has 0 heterocycles. The molecular weight excluding hydrogens is 172 g/mol. The summed E-state index contributed by atoms with van der Waals surface area (Å²) in [4.78, 5) is 0. The largest absolute Gasteiger partial charge is 0.120 e. The number of hydrogen-bond donors (Lipinski definition) is 0. The van der Waals surface area contributed by atoms with Crippen LogP contribution < -0.4 is 0 Å². The number of hydrogen-bond acceptors (Lipinski definition) is 0. The van der Waals surface area contributed by atoms with Crippen LogP contribution >= 0.6 is 0 Å². The number of rotatable bonds is 3. The van der Waals surface area contributed by atoms with Crippen LogP contribution in [0.25, 0.3) is 0 Å². The van der Waals surface area contributed by atoms with E-state index in [2.05, 4.69) is 43.3 Å². The van der Waals surface area contributed by atoms with Crippen molar-refractivity contribution in [1.82, 2.24) is 0 Å². The fraction of sp³-hybridized carbons (Fsp3) is 0.333. The zero-order valence-corrected chi connectivity index (χ0v) is 9.48. The average Bonchev–Trinajstić information content (AvgIpc) is 2.15. The summed E-state index contributed by atoms with van der Waals surface area (Å²) in [5, 5.41) is 0. The Bertz CT molecular complexity index is 282. The molecule has 1 aromatic carbocycles. The molecule has 0 aliphatic carbocycles. The first-order valence-electron chi connectivity index (χ1n) is 4.74. The Balaban J connectivity index is 2.64. The van der Waals surface area contributed by atoms with Crippen LogP contribution in [0.1, 0.15) is 5.56 Å². The number of terminal acetylenes is 1. The van der Waals surface area contributed by atoms with Crippen LogP contribution in [0.4, 0.5) is 0 Å². The Labute approximate surface area is 82.6 Å². The lowest BCUT2D eigenvalue weighted by molar-refractivity contribution is 0.998. The third-order valence-electron chi connectivity index (χ3n) is 2.32. The second kappa shape index (κ2) is 4.89. The molecule has 0 aromatic heterocycles. The fourth-order valence-electron chi connectivity index (χ4n) is 1.36. The Morgan fingerprint density at radius 2 is 1.92 bits per heavy atom. The lowest BCUT2D eigenvalue weighted by Gasteiger charge is -2.12. The monoisotopic (exact) mass is 188 g/mol. The van der Waals surface area contributed by atoms with Crippen molar-refractivity contribution in [1.29, 1.82) is 0 Å². The molecule has 0 aliphatic heterocycles. The highest BCUT2D eigenvalue weighted by Crippen LogP contribution is 2.16. The van der Waals surface area contributed by atoms with Crippen molar-refractivity contribution in [2.75, 3.05) is 0 Å². The van der Waals surface area contributed by atoms with Gasteiger partial charge in [0.15, 0.2) is 0 Å². The summed E-state index contributed by atoms with van der Waals surface area (Å²) >= 11 is 0. The molecular formula is C12H16Si. The van der Waals surface area contributed by atoms with Gasteiger partial charge in [-0.15, -0.1) is 12.3 Å². The van der Waals surface area contributed by atoms with Crippen LogP contribution in [0.2, 0.25) is 18.6 Å². The van der Waals surface area contributed by atoms with E-state index in [9.17, 15) is 0 Å². The van der Waals surface area contributed by atoms with Gasteiger partial charge in [0.05, 0.1) is 0 Å². The molecule has 0 spiro atoms. The van der Waals surface area contributed by atoms with Gasteiger partial charge in [-0.1, -0.05) is 43.4 Å². The molecule has 0 saturated heterocycles. The molecule has 0 bridgehead atoms. The second-order valence-corrected chi connectivity index (χ2v) is 7.00. The molecule has 0 saturated carbocycles. The van der Waals surface area contributed by atoms with E-state index in [-0.39, 0.29) is 0 Å².